The highest BCUT2D eigenvalue weighted by atomic mass is 19.1. The summed E-state index contributed by atoms with van der Waals surface area (Å²) < 4.78 is 14.0. The van der Waals surface area contributed by atoms with Gasteiger partial charge in [0.25, 0.3) is 0 Å². The summed E-state index contributed by atoms with van der Waals surface area (Å²) in [5.74, 6) is -0.383. The number of benzene rings is 1. The Balaban J connectivity index is 2.22. The lowest BCUT2D eigenvalue weighted by molar-refractivity contribution is 0.101. The maximum Gasteiger partial charge on any atom is 0.161 e. The largest absolute Gasteiger partial charge is 0.366 e. The van der Waals surface area contributed by atoms with Crippen molar-refractivity contribution >= 4 is 11.5 Å². The third kappa shape index (κ3) is 2.95. The van der Waals surface area contributed by atoms with Gasteiger partial charge in [-0.25, -0.2) is 4.39 Å². The Morgan fingerprint density at radius 1 is 1.21 bits per heavy atom. The van der Waals surface area contributed by atoms with Crippen LogP contribution in [0.25, 0.3) is 0 Å². The van der Waals surface area contributed by atoms with Crippen LogP contribution in [0.15, 0.2) is 18.2 Å². The standard InChI is InChI=1S/C15H21FN2O/c1-11(2)17-7-9-18(10-8-17)15-13(12(3)19)5-4-6-14(15)16/h4-6,11H,7-10H2,1-3H3. The van der Waals surface area contributed by atoms with E-state index in [0.29, 0.717) is 17.3 Å². The fourth-order valence-electron chi connectivity index (χ4n) is 2.58. The molecule has 1 saturated heterocycles. The summed E-state index contributed by atoms with van der Waals surface area (Å²) >= 11 is 0. The van der Waals surface area contributed by atoms with E-state index in [1.165, 1.54) is 13.0 Å². The summed E-state index contributed by atoms with van der Waals surface area (Å²) in [6, 6.07) is 5.24. The van der Waals surface area contributed by atoms with Crippen LogP contribution in [0, 0.1) is 5.82 Å². The maximum atomic E-state index is 14.0. The van der Waals surface area contributed by atoms with Crippen LogP contribution in [-0.2, 0) is 0 Å². The molecule has 1 aromatic carbocycles. The van der Waals surface area contributed by atoms with Crippen molar-refractivity contribution in [2.75, 3.05) is 31.1 Å². The Hall–Kier alpha value is -1.42. The van der Waals surface area contributed by atoms with Gasteiger partial charge in [0.2, 0.25) is 0 Å². The number of carbonyl (C=O) groups is 1. The molecule has 0 bridgehead atoms. The van der Waals surface area contributed by atoms with Gasteiger partial charge in [-0.15, -0.1) is 0 Å². The van der Waals surface area contributed by atoms with Crippen molar-refractivity contribution in [3.05, 3.63) is 29.6 Å². The molecule has 0 atom stereocenters. The van der Waals surface area contributed by atoms with E-state index in [0.717, 1.165) is 26.2 Å². The van der Waals surface area contributed by atoms with E-state index >= 15 is 0 Å². The molecule has 0 radical (unpaired) electrons. The minimum atomic E-state index is -0.300. The summed E-state index contributed by atoms with van der Waals surface area (Å²) in [4.78, 5) is 16.0. The number of halogens is 1. The number of hydrogen-bond donors (Lipinski definition) is 0. The molecule has 1 aliphatic heterocycles. The van der Waals surface area contributed by atoms with Crippen LogP contribution in [0.5, 0.6) is 0 Å². The van der Waals surface area contributed by atoms with Gasteiger partial charge in [-0.1, -0.05) is 6.07 Å². The van der Waals surface area contributed by atoms with Gasteiger partial charge >= 0.3 is 0 Å². The lowest BCUT2D eigenvalue weighted by Gasteiger charge is -2.38. The normalized spacial score (nSPS) is 17.0. The summed E-state index contributed by atoms with van der Waals surface area (Å²) in [6.45, 7) is 9.16. The molecule has 2 rings (SSSR count). The van der Waals surface area contributed by atoms with Gasteiger partial charge in [0.15, 0.2) is 5.78 Å². The molecule has 1 aromatic rings. The molecule has 0 unspecified atom stereocenters. The SMILES string of the molecule is CC(=O)c1cccc(F)c1N1CCN(C(C)C)CC1. The second-order valence-corrected chi connectivity index (χ2v) is 5.31. The van der Waals surface area contributed by atoms with Gasteiger partial charge in [0, 0.05) is 37.8 Å². The second-order valence-electron chi connectivity index (χ2n) is 5.31. The number of Topliss-reactive ketones (excluding diaryl/α,β-unsaturated/α-hetero) is 1. The van der Waals surface area contributed by atoms with Gasteiger partial charge in [-0.2, -0.15) is 0 Å². The second kappa shape index (κ2) is 5.70. The molecule has 0 saturated carbocycles. The highest BCUT2D eigenvalue weighted by Gasteiger charge is 2.23. The molecule has 0 aliphatic carbocycles. The summed E-state index contributed by atoms with van der Waals surface area (Å²) in [7, 11) is 0. The van der Waals surface area contributed by atoms with Crippen LogP contribution in [0.3, 0.4) is 0 Å². The molecule has 4 heteroatoms. The molecule has 1 fully saturated rings. The van der Waals surface area contributed by atoms with Crippen LogP contribution < -0.4 is 4.90 Å². The van der Waals surface area contributed by atoms with E-state index in [-0.39, 0.29) is 11.6 Å². The molecular weight excluding hydrogens is 243 g/mol. The zero-order valence-corrected chi connectivity index (χ0v) is 11.8. The van der Waals surface area contributed by atoms with Crippen LogP contribution in [-0.4, -0.2) is 42.9 Å². The molecule has 0 amide bonds. The monoisotopic (exact) mass is 264 g/mol. The van der Waals surface area contributed by atoms with Crippen molar-refractivity contribution in [1.82, 2.24) is 4.90 Å². The predicted molar refractivity (Wildman–Crippen MR) is 75.3 cm³/mol. The molecule has 1 aliphatic rings. The van der Waals surface area contributed by atoms with Gasteiger partial charge in [-0.05, 0) is 32.9 Å². The van der Waals surface area contributed by atoms with E-state index in [1.807, 2.05) is 4.90 Å². The summed E-state index contributed by atoms with van der Waals surface area (Å²) in [6.07, 6.45) is 0. The van der Waals surface area contributed by atoms with E-state index in [4.69, 9.17) is 0 Å². The first-order chi connectivity index (χ1) is 9.00. The predicted octanol–water partition coefficient (Wildman–Crippen LogP) is 2.56. The lowest BCUT2D eigenvalue weighted by Crippen LogP contribution is -2.49. The third-order valence-electron chi connectivity index (χ3n) is 3.73. The number of hydrogen-bond acceptors (Lipinski definition) is 3. The van der Waals surface area contributed by atoms with Crippen LogP contribution in [0.1, 0.15) is 31.1 Å². The van der Waals surface area contributed by atoms with Gasteiger partial charge in [0.05, 0.1) is 5.69 Å². The molecule has 19 heavy (non-hydrogen) atoms. The Morgan fingerprint density at radius 3 is 2.37 bits per heavy atom. The van der Waals surface area contributed by atoms with E-state index < -0.39 is 0 Å². The maximum absolute atomic E-state index is 14.0. The van der Waals surface area contributed by atoms with Crippen LogP contribution in [0.4, 0.5) is 10.1 Å². The van der Waals surface area contributed by atoms with Crippen molar-refractivity contribution in [1.29, 1.82) is 0 Å². The van der Waals surface area contributed by atoms with Crippen molar-refractivity contribution in [3.63, 3.8) is 0 Å². The number of nitrogens with zero attached hydrogens (tertiary/aromatic N) is 2. The van der Waals surface area contributed by atoms with Crippen LogP contribution in [0.2, 0.25) is 0 Å². The molecule has 3 nitrogen and oxygen atoms in total. The van der Waals surface area contributed by atoms with Crippen molar-refractivity contribution in [2.24, 2.45) is 0 Å². The number of carbonyl (C=O) groups excluding carboxylic acids is 1. The number of rotatable bonds is 3. The lowest BCUT2D eigenvalue weighted by atomic mass is 10.1. The molecule has 1 heterocycles. The number of ketones is 1. The van der Waals surface area contributed by atoms with Gasteiger partial charge in [-0.3, -0.25) is 9.69 Å². The van der Waals surface area contributed by atoms with E-state index in [1.54, 1.807) is 12.1 Å². The average Bonchev–Trinajstić information content (AvgIpc) is 2.38. The van der Waals surface area contributed by atoms with Gasteiger partial charge in [0.1, 0.15) is 5.82 Å². The number of anilines is 1. The molecule has 0 N–H and O–H groups in total. The summed E-state index contributed by atoms with van der Waals surface area (Å²) in [5.41, 5.74) is 0.955. The minimum absolute atomic E-state index is 0.0826. The third-order valence-corrected chi connectivity index (χ3v) is 3.73. The topological polar surface area (TPSA) is 23.6 Å². The molecule has 104 valence electrons. The van der Waals surface area contributed by atoms with Crippen molar-refractivity contribution in [3.8, 4) is 0 Å². The van der Waals surface area contributed by atoms with E-state index in [2.05, 4.69) is 18.7 Å². The fourth-order valence-corrected chi connectivity index (χ4v) is 2.58. The Kier molecular flexibility index (Phi) is 4.20. The first-order valence-electron chi connectivity index (χ1n) is 6.79. The zero-order chi connectivity index (χ0) is 14.0. The van der Waals surface area contributed by atoms with Crippen LogP contribution >= 0.6 is 0 Å². The van der Waals surface area contributed by atoms with E-state index in [9.17, 15) is 9.18 Å². The molecule has 0 spiro atoms. The Morgan fingerprint density at radius 2 is 1.84 bits per heavy atom. The number of piperazine rings is 1. The van der Waals surface area contributed by atoms with Crippen molar-refractivity contribution in [2.45, 2.75) is 26.8 Å². The Labute approximate surface area is 114 Å². The first kappa shape index (κ1) is 14.0. The zero-order valence-electron chi connectivity index (χ0n) is 11.8. The van der Waals surface area contributed by atoms with Gasteiger partial charge < -0.3 is 4.90 Å². The average molecular weight is 264 g/mol. The minimum Gasteiger partial charge on any atom is -0.366 e. The fraction of sp³-hybridized carbons (Fsp3) is 0.533. The van der Waals surface area contributed by atoms with Crippen molar-refractivity contribution < 1.29 is 9.18 Å². The first-order valence-corrected chi connectivity index (χ1v) is 6.79. The number of para-hydroxylation sites is 1. The molecule has 0 aromatic heterocycles. The highest BCUT2D eigenvalue weighted by Crippen LogP contribution is 2.26. The Bertz CT molecular complexity index is 465. The smallest absolute Gasteiger partial charge is 0.161 e. The quantitative estimate of drug-likeness (QED) is 0.784. The highest BCUT2D eigenvalue weighted by molar-refractivity contribution is 5.99. The summed E-state index contributed by atoms with van der Waals surface area (Å²) in [5, 5.41) is 0. The molecular formula is C15H21FN2O.